The SMILES string of the molecule is CCOC(=O)c1ccc(NC(=O)CN2CCCCS2(=O)=O)cc1. The molecule has 0 aromatic heterocycles. The van der Waals surface area contributed by atoms with Gasteiger partial charge < -0.3 is 10.1 Å². The second kappa shape index (κ2) is 7.56. The van der Waals surface area contributed by atoms with Crippen LogP contribution in [0.5, 0.6) is 0 Å². The largest absolute Gasteiger partial charge is 0.462 e. The molecule has 1 aliphatic heterocycles. The summed E-state index contributed by atoms with van der Waals surface area (Å²) >= 11 is 0. The molecule has 1 heterocycles. The zero-order valence-corrected chi connectivity index (χ0v) is 13.8. The number of nitrogens with zero attached hydrogens (tertiary/aromatic N) is 1. The van der Waals surface area contributed by atoms with Crippen molar-refractivity contribution < 1.29 is 22.7 Å². The summed E-state index contributed by atoms with van der Waals surface area (Å²) in [5.74, 6) is -0.738. The highest BCUT2D eigenvalue weighted by Gasteiger charge is 2.27. The number of nitrogens with one attached hydrogen (secondary N) is 1. The van der Waals surface area contributed by atoms with E-state index in [2.05, 4.69) is 5.32 Å². The minimum Gasteiger partial charge on any atom is -0.462 e. The minimum atomic E-state index is -3.32. The van der Waals surface area contributed by atoms with Gasteiger partial charge in [0.1, 0.15) is 0 Å². The maximum Gasteiger partial charge on any atom is 0.338 e. The highest BCUT2D eigenvalue weighted by Crippen LogP contribution is 2.14. The molecule has 0 atom stereocenters. The normalized spacial score (nSPS) is 17.4. The summed E-state index contributed by atoms with van der Waals surface area (Å²) in [7, 11) is -3.32. The number of anilines is 1. The van der Waals surface area contributed by atoms with Crippen LogP contribution in [0.15, 0.2) is 24.3 Å². The Morgan fingerprint density at radius 2 is 1.91 bits per heavy atom. The van der Waals surface area contributed by atoms with E-state index in [1.807, 2.05) is 0 Å². The lowest BCUT2D eigenvalue weighted by molar-refractivity contribution is -0.116. The van der Waals surface area contributed by atoms with E-state index < -0.39 is 21.9 Å². The van der Waals surface area contributed by atoms with E-state index in [1.54, 1.807) is 31.2 Å². The van der Waals surface area contributed by atoms with Crippen LogP contribution in [-0.2, 0) is 19.6 Å². The average molecular weight is 340 g/mol. The van der Waals surface area contributed by atoms with E-state index in [1.165, 1.54) is 4.31 Å². The third-order valence-corrected chi connectivity index (χ3v) is 5.36. The lowest BCUT2D eigenvalue weighted by Crippen LogP contribution is -2.42. The minimum absolute atomic E-state index is 0.0918. The standard InChI is InChI=1S/C15H20N2O5S/c1-2-22-15(19)12-5-7-13(8-6-12)16-14(18)11-17-9-3-4-10-23(17,20)21/h5-8H,2-4,9-11H2,1H3,(H,16,18). The molecule has 7 nitrogen and oxygen atoms in total. The predicted octanol–water partition coefficient (Wildman–Crippen LogP) is 1.23. The van der Waals surface area contributed by atoms with E-state index >= 15 is 0 Å². The molecule has 0 saturated carbocycles. The van der Waals surface area contributed by atoms with Gasteiger partial charge in [0.05, 0.1) is 24.5 Å². The van der Waals surface area contributed by atoms with Crippen molar-refractivity contribution in [3.8, 4) is 0 Å². The highest BCUT2D eigenvalue weighted by molar-refractivity contribution is 7.89. The molecule has 0 spiro atoms. The van der Waals surface area contributed by atoms with E-state index in [9.17, 15) is 18.0 Å². The zero-order valence-electron chi connectivity index (χ0n) is 12.9. The summed E-state index contributed by atoms with van der Waals surface area (Å²) < 4.78 is 29.8. The smallest absolute Gasteiger partial charge is 0.338 e. The molecule has 0 bridgehead atoms. The van der Waals surface area contributed by atoms with E-state index in [0.29, 0.717) is 30.8 Å². The highest BCUT2D eigenvalue weighted by atomic mass is 32.2. The molecule has 0 unspecified atom stereocenters. The fraction of sp³-hybridized carbons (Fsp3) is 0.467. The van der Waals surface area contributed by atoms with Gasteiger partial charge in [-0.2, -0.15) is 4.31 Å². The van der Waals surface area contributed by atoms with Gasteiger partial charge in [-0.25, -0.2) is 13.2 Å². The molecule has 8 heteroatoms. The first-order valence-electron chi connectivity index (χ1n) is 7.47. The molecule has 0 radical (unpaired) electrons. The maximum atomic E-state index is 12.0. The van der Waals surface area contributed by atoms with Crippen molar-refractivity contribution in [1.82, 2.24) is 4.31 Å². The van der Waals surface area contributed by atoms with Gasteiger partial charge in [0.2, 0.25) is 15.9 Å². The lowest BCUT2D eigenvalue weighted by atomic mass is 10.2. The molecule has 0 aliphatic carbocycles. The number of carbonyl (C=O) groups is 2. The molecule has 1 aliphatic rings. The predicted molar refractivity (Wildman–Crippen MR) is 85.6 cm³/mol. The third-order valence-electron chi connectivity index (χ3n) is 3.45. The first-order valence-corrected chi connectivity index (χ1v) is 9.08. The number of hydrogen-bond acceptors (Lipinski definition) is 5. The Bertz CT molecular complexity index is 670. The number of rotatable bonds is 5. The Labute approximate surface area is 135 Å². The van der Waals surface area contributed by atoms with Crippen LogP contribution in [0.2, 0.25) is 0 Å². The summed E-state index contributed by atoms with van der Waals surface area (Å²) in [4.78, 5) is 23.5. The van der Waals surface area contributed by atoms with Crippen molar-refractivity contribution in [3.63, 3.8) is 0 Å². The first-order chi connectivity index (χ1) is 10.9. The van der Waals surface area contributed by atoms with Crippen molar-refractivity contribution in [2.24, 2.45) is 0 Å². The molecular formula is C15H20N2O5S. The molecule has 1 aromatic rings. The van der Waals surface area contributed by atoms with Crippen LogP contribution < -0.4 is 5.32 Å². The summed E-state index contributed by atoms with van der Waals surface area (Å²) in [5.41, 5.74) is 0.890. The second-order valence-electron chi connectivity index (χ2n) is 5.20. The van der Waals surface area contributed by atoms with Crippen molar-refractivity contribution >= 4 is 27.6 Å². The quantitative estimate of drug-likeness (QED) is 0.814. The Kier molecular flexibility index (Phi) is 5.73. The van der Waals surface area contributed by atoms with Crippen molar-refractivity contribution in [2.75, 3.05) is 30.8 Å². The second-order valence-corrected chi connectivity index (χ2v) is 7.29. The van der Waals surface area contributed by atoms with Crippen LogP contribution in [0.1, 0.15) is 30.1 Å². The summed E-state index contributed by atoms with van der Waals surface area (Å²) in [6.45, 7) is 2.20. The van der Waals surface area contributed by atoms with Gasteiger partial charge in [-0.15, -0.1) is 0 Å². The molecule has 2 rings (SSSR count). The number of benzene rings is 1. The molecule has 1 saturated heterocycles. The number of hydrogen-bond donors (Lipinski definition) is 1. The van der Waals surface area contributed by atoms with Gasteiger partial charge in [-0.1, -0.05) is 0 Å². The molecule has 1 amide bonds. The van der Waals surface area contributed by atoms with Gasteiger partial charge in [-0.05, 0) is 44.0 Å². The summed E-state index contributed by atoms with van der Waals surface area (Å²) in [5, 5.41) is 2.63. The van der Waals surface area contributed by atoms with Crippen LogP contribution >= 0.6 is 0 Å². The Balaban J connectivity index is 1.94. The van der Waals surface area contributed by atoms with Crippen LogP contribution in [0, 0.1) is 0 Å². The number of ether oxygens (including phenoxy) is 1. The molecule has 23 heavy (non-hydrogen) atoms. The number of esters is 1. The Morgan fingerprint density at radius 1 is 1.22 bits per heavy atom. The van der Waals surface area contributed by atoms with Crippen LogP contribution in [-0.4, -0.2) is 50.0 Å². The van der Waals surface area contributed by atoms with Gasteiger partial charge in [0.15, 0.2) is 0 Å². The van der Waals surface area contributed by atoms with Gasteiger partial charge in [0, 0.05) is 12.2 Å². The van der Waals surface area contributed by atoms with Crippen LogP contribution in [0.4, 0.5) is 5.69 Å². The summed E-state index contributed by atoms with van der Waals surface area (Å²) in [6, 6.07) is 6.25. The number of sulfonamides is 1. The van der Waals surface area contributed by atoms with E-state index in [-0.39, 0.29) is 12.3 Å². The first kappa shape index (κ1) is 17.4. The third kappa shape index (κ3) is 4.77. The lowest BCUT2D eigenvalue weighted by Gasteiger charge is -2.25. The van der Waals surface area contributed by atoms with Gasteiger partial charge >= 0.3 is 5.97 Å². The molecular weight excluding hydrogens is 320 g/mol. The Morgan fingerprint density at radius 3 is 2.52 bits per heavy atom. The van der Waals surface area contributed by atoms with Crippen LogP contribution in [0.25, 0.3) is 0 Å². The van der Waals surface area contributed by atoms with Crippen molar-refractivity contribution in [3.05, 3.63) is 29.8 Å². The topological polar surface area (TPSA) is 92.8 Å². The van der Waals surface area contributed by atoms with E-state index in [4.69, 9.17) is 4.74 Å². The maximum absolute atomic E-state index is 12.0. The zero-order chi connectivity index (χ0) is 16.9. The molecule has 126 valence electrons. The fourth-order valence-electron chi connectivity index (χ4n) is 2.28. The molecule has 1 N–H and O–H groups in total. The van der Waals surface area contributed by atoms with Gasteiger partial charge in [0.25, 0.3) is 0 Å². The number of amides is 1. The summed E-state index contributed by atoms with van der Waals surface area (Å²) in [6.07, 6.45) is 1.40. The van der Waals surface area contributed by atoms with Gasteiger partial charge in [-0.3, -0.25) is 4.79 Å². The Hall–Kier alpha value is -1.93. The monoisotopic (exact) mass is 340 g/mol. The average Bonchev–Trinajstić information content (AvgIpc) is 2.50. The van der Waals surface area contributed by atoms with Crippen molar-refractivity contribution in [2.45, 2.75) is 19.8 Å². The van der Waals surface area contributed by atoms with Crippen LogP contribution in [0.3, 0.4) is 0 Å². The molecule has 1 aromatic carbocycles. The fourth-order valence-corrected chi connectivity index (χ4v) is 3.83. The van der Waals surface area contributed by atoms with Crippen molar-refractivity contribution in [1.29, 1.82) is 0 Å². The molecule has 1 fully saturated rings. The van der Waals surface area contributed by atoms with E-state index in [0.717, 1.165) is 6.42 Å². The number of carbonyl (C=O) groups excluding carboxylic acids is 2.